The Morgan fingerprint density at radius 1 is 1.15 bits per heavy atom. The number of hydrogen-bond donors (Lipinski definition) is 0. The smallest absolute Gasteiger partial charge is 0.309 e. The lowest BCUT2D eigenvalue weighted by Gasteiger charge is -2.32. The fourth-order valence-electron chi connectivity index (χ4n) is 4.25. The SMILES string of the molecule is CCOC(=O)C1CCN(C(=O)[C@@H](C)Oc2ccc3c(-c4ccc(F)cc4Cl)ccnc3c2)CC1. The van der Waals surface area contributed by atoms with Gasteiger partial charge in [-0.1, -0.05) is 11.6 Å². The molecule has 1 aromatic heterocycles. The molecule has 6 nitrogen and oxygen atoms in total. The largest absolute Gasteiger partial charge is 0.481 e. The van der Waals surface area contributed by atoms with Crippen molar-refractivity contribution < 1.29 is 23.5 Å². The number of piperidine rings is 1. The zero-order chi connectivity index (χ0) is 24.2. The van der Waals surface area contributed by atoms with E-state index in [1.54, 1.807) is 43.1 Å². The molecule has 8 heteroatoms. The van der Waals surface area contributed by atoms with Crippen molar-refractivity contribution in [2.75, 3.05) is 19.7 Å². The van der Waals surface area contributed by atoms with E-state index in [-0.39, 0.29) is 17.8 Å². The van der Waals surface area contributed by atoms with Gasteiger partial charge >= 0.3 is 5.97 Å². The second-order valence-corrected chi connectivity index (χ2v) is 8.68. The number of ether oxygens (including phenoxy) is 2. The standard InChI is InChI=1S/C26H26ClFN2O4/c1-3-33-26(32)17-9-12-30(13-10-17)25(31)16(2)34-19-5-7-22-20(8-11-29-24(22)15-19)21-6-4-18(28)14-23(21)27/h4-8,11,14-17H,3,9-10,12-13H2,1-2H3/t16-/m1/s1. The number of amides is 1. The number of benzene rings is 2. The average Bonchev–Trinajstić information content (AvgIpc) is 2.83. The molecule has 1 aliphatic heterocycles. The highest BCUT2D eigenvalue weighted by atomic mass is 35.5. The Kier molecular flexibility index (Phi) is 7.32. The van der Waals surface area contributed by atoms with Crippen molar-refractivity contribution in [2.45, 2.75) is 32.8 Å². The minimum atomic E-state index is -0.689. The number of fused-ring (bicyclic) bond motifs is 1. The van der Waals surface area contributed by atoms with Gasteiger partial charge in [-0.2, -0.15) is 0 Å². The second kappa shape index (κ2) is 10.4. The van der Waals surface area contributed by atoms with Crippen LogP contribution in [-0.4, -0.2) is 47.6 Å². The van der Waals surface area contributed by atoms with Gasteiger partial charge in [-0.25, -0.2) is 4.39 Å². The highest BCUT2D eigenvalue weighted by Gasteiger charge is 2.30. The summed E-state index contributed by atoms with van der Waals surface area (Å²) in [5.41, 5.74) is 2.21. The van der Waals surface area contributed by atoms with Crippen LogP contribution in [0.5, 0.6) is 5.75 Å². The fraction of sp³-hybridized carbons (Fsp3) is 0.346. The first-order chi connectivity index (χ1) is 16.4. The molecule has 0 aliphatic carbocycles. The van der Waals surface area contributed by atoms with Gasteiger partial charge in [0.15, 0.2) is 6.10 Å². The number of halogens is 2. The molecule has 4 rings (SSSR count). The van der Waals surface area contributed by atoms with Crippen molar-refractivity contribution in [3.05, 3.63) is 59.5 Å². The Labute approximate surface area is 202 Å². The van der Waals surface area contributed by atoms with E-state index >= 15 is 0 Å². The number of rotatable bonds is 6. The molecule has 0 N–H and O–H groups in total. The number of esters is 1. The number of hydrogen-bond acceptors (Lipinski definition) is 5. The number of aromatic nitrogens is 1. The summed E-state index contributed by atoms with van der Waals surface area (Å²) in [6.07, 6.45) is 2.15. The topological polar surface area (TPSA) is 68.7 Å². The fourth-order valence-corrected chi connectivity index (χ4v) is 4.52. The van der Waals surface area contributed by atoms with Gasteiger partial charge in [0, 0.05) is 36.3 Å². The highest BCUT2D eigenvalue weighted by Crippen LogP contribution is 2.34. The summed E-state index contributed by atoms with van der Waals surface area (Å²) in [5, 5.41) is 1.15. The maximum Gasteiger partial charge on any atom is 0.309 e. The lowest BCUT2D eigenvalue weighted by atomic mass is 9.96. The zero-order valence-electron chi connectivity index (χ0n) is 19.1. The third-order valence-electron chi connectivity index (χ3n) is 6.02. The van der Waals surface area contributed by atoms with Crippen molar-refractivity contribution in [2.24, 2.45) is 5.92 Å². The summed E-state index contributed by atoms with van der Waals surface area (Å²) in [5.74, 6) is -0.349. The first-order valence-corrected chi connectivity index (χ1v) is 11.7. The molecule has 1 amide bonds. The summed E-state index contributed by atoms with van der Waals surface area (Å²) in [6, 6.07) is 11.5. The van der Waals surface area contributed by atoms with E-state index in [2.05, 4.69) is 4.98 Å². The van der Waals surface area contributed by atoms with Crippen LogP contribution < -0.4 is 4.74 Å². The van der Waals surface area contributed by atoms with Crippen LogP contribution >= 0.6 is 11.6 Å². The van der Waals surface area contributed by atoms with Crippen molar-refractivity contribution in [1.29, 1.82) is 0 Å². The van der Waals surface area contributed by atoms with E-state index in [0.717, 1.165) is 10.9 Å². The van der Waals surface area contributed by atoms with Crippen molar-refractivity contribution in [1.82, 2.24) is 9.88 Å². The Balaban J connectivity index is 1.45. The third kappa shape index (κ3) is 5.14. The number of pyridine rings is 1. The van der Waals surface area contributed by atoms with Gasteiger partial charge < -0.3 is 14.4 Å². The predicted molar refractivity (Wildman–Crippen MR) is 128 cm³/mol. The molecular weight excluding hydrogens is 459 g/mol. The zero-order valence-corrected chi connectivity index (χ0v) is 19.8. The first kappa shape index (κ1) is 24.0. The highest BCUT2D eigenvalue weighted by molar-refractivity contribution is 6.33. The van der Waals surface area contributed by atoms with Crippen LogP contribution in [0.1, 0.15) is 26.7 Å². The molecule has 0 bridgehead atoms. The van der Waals surface area contributed by atoms with E-state index < -0.39 is 11.9 Å². The summed E-state index contributed by atoms with van der Waals surface area (Å²) >= 11 is 6.26. The number of carbonyl (C=O) groups is 2. The van der Waals surface area contributed by atoms with Gasteiger partial charge in [-0.15, -0.1) is 0 Å². The molecule has 0 spiro atoms. The first-order valence-electron chi connectivity index (χ1n) is 11.3. The minimum Gasteiger partial charge on any atom is -0.481 e. The molecule has 0 saturated carbocycles. The summed E-state index contributed by atoms with van der Waals surface area (Å²) in [7, 11) is 0. The van der Waals surface area contributed by atoms with E-state index in [0.29, 0.717) is 54.4 Å². The van der Waals surface area contributed by atoms with E-state index in [1.807, 2.05) is 12.1 Å². The normalized spacial score (nSPS) is 15.2. The van der Waals surface area contributed by atoms with Gasteiger partial charge in [-0.05, 0) is 68.7 Å². The summed E-state index contributed by atoms with van der Waals surface area (Å²) in [6.45, 7) is 4.86. The van der Waals surface area contributed by atoms with Crippen LogP contribution in [0.4, 0.5) is 4.39 Å². The lowest BCUT2D eigenvalue weighted by Crippen LogP contribution is -2.45. The van der Waals surface area contributed by atoms with Crippen LogP contribution in [0, 0.1) is 11.7 Å². The quantitative estimate of drug-likeness (QED) is 0.446. The van der Waals surface area contributed by atoms with E-state index in [1.165, 1.54) is 12.1 Å². The lowest BCUT2D eigenvalue weighted by molar-refractivity contribution is -0.152. The van der Waals surface area contributed by atoms with Gasteiger partial charge in [0.2, 0.25) is 0 Å². The van der Waals surface area contributed by atoms with Crippen molar-refractivity contribution in [3.8, 4) is 16.9 Å². The van der Waals surface area contributed by atoms with E-state index in [4.69, 9.17) is 21.1 Å². The van der Waals surface area contributed by atoms with E-state index in [9.17, 15) is 14.0 Å². The van der Waals surface area contributed by atoms with Crippen LogP contribution in [0.15, 0.2) is 48.7 Å². The Morgan fingerprint density at radius 2 is 1.91 bits per heavy atom. The number of likely N-dealkylation sites (tertiary alicyclic amines) is 1. The third-order valence-corrected chi connectivity index (χ3v) is 6.34. The Bertz CT molecular complexity index is 1210. The maximum absolute atomic E-state index is 13.5. The molecular formula is C26H26ClFN2O4. The molecule has 3 aromatic rings. The molecule has 2 heterocycles. The van der Waals surface area contributed by atoms with Crippen molar-refractivity contribution in [3.63, 3.8) is 0 Å². The molecule has 1 saturated heterocycles. The predicted octanol–water partition coefficient (Wildman–Crippen LogP) is 5.26. The second-order valence-electron chi connectivity index (χ2n) is 8.27. The summed E-state index contributed by atoms with van der Waals surface area (Å²) < 4.78 is 24.5. The maximum atomic E-state index is 13.5. The molecule has 1 atom stereocenters. The van der Waals surface area contributed by atoms with Gasteiger partial charge in [0.25, 0.3) is 5.91 Å². The van der Waals surface area contributed by atoms with Gasteiger partial charge in [0.05, 0.1) is 23.1 Å². The van der Waals surface area contributed by atoms with Crippen molar-refractivity contribution >= 4 is 34.4 Å². The molecule has 1 fully saturated rings. The molecule has 1 aliphatic rings. The monoisotopic (exact) mass is 484 g/mol. The molecule has 178 valence electrons. The minimum absolute atomic E-state index is 0.123. The summed E-state index contributed by atoms with van der Waals surface area (Å²) in [4.78, 5) is 31.0. The van der Waals surface area contributed by atoms with Crippen LogP contribution in [0.3, 0.4) is 0 Å². The average molecular weight is 485 g/mol. The molecule has 2 aromatic carbocycles. The van der Waals surface area contributed by atoms with Gasteiger partial charge in [0.1, 0.15) is 11.6 Å². The van der Waals surface area contributed by atoms with Crippen LogP contribution in [0.25, 0.3) is 22.0 Å². The Hall–Kier alpha value is -3.19. The number of nitrogens with zero attached hydrogens (tertiary/aromatic N) is 2. The van der Waals surface area contributed by atoms with Crippen LogP contribution in [0.2, 0.25) is 5.02 Å². The molecule has 0 radical (unpaired) electrons. The number of carbonyl (C=O) groups excluding carboxylic acids is 2. The molecule has 0 unspecified atom stereocenters. The Morgan fingerprint density at radius 3 is 2.62 bits per heavy atom. The van der Waals surface area contributed by atoms with Gasteiger partial charge in [-0.3, -0.25) is 14.6 Å². The molecule has 34 heavy (non-hydrogen) atoms. The van der Waals surface area contributed by atoms with Crippen LogP contribution in [-0.2, 0) is 14.3 Å².